The summed E-state index contributed by atoms with van der Waals surface area (Å²) >= 11 is 12.1. The third-order valence-electron chi connectivity index (χ3n) is 3.53. The van der Waals surface area contributed by atoms with Crippen molar-refractivity contribution in [3.05, 3.63) is 94.0 Å². The molecular weight excluding hydrogens is 387 g/mol. The first-order chi connectivity index (χ1) is 13.0. The van der Waals surface area contributed by atoms with Crippen LogP contribution in [0.4, 0.5) is 5.69 Å². The number of halogens is 2. The van der Waals surface area contributed by atoms with Gasteiger partial charge in [-0.3, -0.25) is 9.59 Å². The maximum atomic E-state index is 12.7. The molecule has 0 atom stereocenters. The van der Waals surface area contributed by atoms with E-state index in [2.05, 4.69) is 10.6 Å². The standard InChI is InChI=1S/C20H14Cl2N2O3/c21-14-6-3-7-15(12-14)23-19(25)17(11-13-5-1-2-8-16(13)22)24-20(26)18-9-4-10-27-18/h1-12H,(H,23,25)(H,24,26)/b17-11+. The average Bonchev–Trinajstić information content (AvgIpc) is 3.17. The molecule has 0 aliphatic heterocycles. The van der Waals surface area contributed by atoms with E-state index in [4.69, 9.17) is 27.6 Å². The largest absolute Gasteiger partial charge is 0.459 e. The molecule has 0 aliphatic carbocycles. The van der Waals surface area contributed by atoms with Crippen LogP contribution in [0.1, 0.15) is 16.1 Å². The molecule has 0 bridgehead atoms. The number of hydrogen-bond donors (Lipinski definition) is 2. The molecule has 2 amide bonds. The van der Waals surface area contributed by atoms with Crippen molar-refractivity contribution in [1.29, 1.82) is 0 Å². The highest BCUT2D eigenvalue weighted by molar-refractivity contribution is 6.32. The Kier molecular flexibility index (Phi) is 5.96. The summed E-state index contributed by atoms with van der Waals surface area (Å²) in [7, 11) is 0. The molecule has 0 fully saturated rings. The van der Waals surface area contributed by atoms with Crippen LogP contribution in [-0.2, 0) is 4.79 Å². The highest BCUT2D eigenvalue weighted by Gasteiger charge is 2.17. The minimum Gasteiger partial charge on any atom is -0.459 e. The Hall–Kier alpha value is -3.02. The first-order valence-corrected chi connectivity index (χ1v) is 8.66. The van der Waals surface area contributed by atoms with Crippen molar-refractivity contribution in [1.82, 2.24) is 5.32 Å². The number of hydrogen-bond acceptors (Lipinski definition) is 3. The first-order valence-electron chi connectivity index (χ1n) is 7.91. The van der Waals surface area contributed by atoms with Crippen LogP contribution in [0.15, 0.2) is 77.0 Å². The van der Waals surface area contributed by atoms with E-state index in [0.717, 1.165) is 0 Å². The van der Waals surface area contributed by atoms with Gasteiger partial charge in [0.1, 0.15) is 5.70 Å². The highest BCUT2D eigenvalue weighted by atomic mass is 35.5. The van der Waals surface area contributed by atoms with Crippen molar-refractivity contribution in [2.45, 2.75) is 0 Å². The van der Waals surface area contributed by atoms with E-state index in [1.54, 1.807) is 54.6 Å². The maximum absolute atomic E-state index is 12.7. The predicted octanol–water partition coefficient (Wildman–Crippen LogP) is 5.00. The normalized spacial score (nSPS) is 11.1. The summed E-state index contributed by atoms with van der Waals surface area (Å²) in [6, 6.07) is 16.7. The lowest BCUT2D eigenvalue weighted by atomic mass is 10.1. The second-order valence-electron chi connectivity index (χ2n) is 5.48. The van der Waals surface area contributed by atoms with Crippen LogP contribution in [0.3, 0.4) is 0 Å². The van der Waals surface area contributed by atoms with Crippen molar-refractivity contribution < 1.29 is 14.0 Å². The Morgan fingerprint density at radius 2 is 1.78 bits per heavy atom. The van der Waals surface area contributed by atoms with Crippen LogP contribution < -0.4 is 10.6 Å². The van der Waals surface area contributed by atoms with Crippen molar-refractivity contribution >= 4 is 46.8 Å². The molecule has 1 heterocycles. The third kappa shape index (κ3) is 5.00. The summed E-state index contributed by atoms with van der Waals surface area (Å²) in [5.74, 6) is -1.01. The number of carbonyl (C=O) groups excluding carboxylic acids is 2. The van der Waals surface area contributed by atoms with Gasteiger partial charge in [0, 0.05) is 15.7 Å². The fourth-order valence-electron chi connectivity index (χ4n) is 2.26. The van der Waals surface area contributed by atoms with Gasteiger partial charge in [0.15, 0.2) is 5.76 Å². The monoisotopic (exact) mass is 400 g/mol. The zero-order valence-electron chi connectivity index (χ0n) is 13.9. The molecule has 1 aromatic heterocycles. The van der Waals surface area contributed by atoms with Crippen molar-refractivity contribution in [3.63, 3.8) is 0 Å². The molecule has 2 aromatic carbocycles. The van der Waals surface area contributed by atoms with E-state index in [0.29, 0.717) is 21.3 Å². The molecule has 0 radical (unpaired) electrons. The van der Waals surface area contributed by atoms with Crippen LogP contribution in [0.5, 0.6) is 0 Å². The topological polar surface area (TPSA) is 71.3 Å². The first kappa shape index (κ1) is 18.8. The van der Waals surface area contributed by atoms with E-state index in [1.165, 1.54) is 18.4 Å². The molecule has 27 heavy (non-hydrogen) atoms. The second-order valence-corrected chi connectivity index (χ2v) is 6.32. The molecule has 3 aromatic rings. The molecule has 3 rings (SSSR count). The molecule has 0 saturated heterocycles. The molecular formula is C20H14Cl2N2O3. The van der Waals surface area contributed by atoms with Gasteiger partial charge < -0.3 is 15.1 Å². The average molecular weight is 401 g/mol. The second kappa shape index (κ2) is 8.58. The molecule has 0 unspecified atom stereocenters. The van der Waals surface area contributed by atoms with Gasteiger partial charge in [-0.2, -0.15) is 0 Å². The van der Waals surface area contributed by atoms with Crippen LogP contribution in [0, 0.1) is 0 Å². The molecule has 2 N–H and O–H groups in total. The van der Waals surface area contributed by atoms with Crippen molar-refractivity contribution in [2.75, 3.05) is 5.32 Å². The summed E-state index contributed by atoms with van der Waals surface area (Å²) in [5, 5.41) is 6.17. The number of amides is 2. The molecule has 0 aliphatic rings. The van der Waals surface area contributed by atoms with Gasteiger partial charge in [0.2, 0.25) is 0 Å². The zero-order valence-corrected chi connectivity index (χ0v) is 15.4. The zero-order chi connectivity index (χ0) is 19.2. The van der Waals surface area contributed by atoms with E-state index >= 15 is 0 Å². The van der Waals surface area contributed by atoms with Gasteiger partial charge >= 0.3 is 0 Å². The summed E-state index contributed by atoms with van der Waals surface area (Å²) in [6.07, 6.45) is 2.86. The molecule has 0 spiro atoms. The number of furan rings is 1. The molecule has 7 heteroatoms. The van der Waals surface area contributed by atoms with E-state index in [-0.39, 0.29) is 11.5 Å². The van der Waals surface area contributed by atoms with Crippen LogP contribution >= 0.6 is 23.2 Å². The van der Waals surface area contributed by atoms with Crippen LogP contribution in [0.2, 0.25) is 10.0 Å². The minimum absolute atomic E-state index is 0.00414. The van der Waals surface area contributed by atoms with Gasteiger partial charge in [-0.05, 0) is 48.0 Å². The fourth-order valence-corrected chi connectivity index (χ4v) is 2.64. The number of carbonyl (C=O) groups is 2. The molecule has 136 valence electrons. The van der Waals surface area contributed by atoms with Crippen LogP contribution in [0.25, 0.3) is 6.08 Å². The van der Waals surface area contributed by atoms with Gasteiger partial charge in [0.05, 0.1) is 6.26 Å². The SMILES string of the molecule is O=C(Nc1cccc(Cl)c1)/C(=C\c1ccccc1Cl)NC(=O)c1ccco1. The lowest BCUT2D eigenvalue weighted by Crippen LogP contribution is -2.30. The lowest BCUT2D eigenvalue weighted by molar-refractivity contribution is -0.113. The lowest BCUT2D eigenvalue weighted by Gasteiger charge is -2.11. The van der Waals surface area contributed by atoms with E-state index < -0.39 is 11.8 Å². The Balaban J connectivity index is 1.90. The van der Waals surface area contributed by atoms with Gasteiger partial charge in [0.25, 0.3) is 11.8 Å². The number of benzene rings is 2. The third-order valence-corrected chi connectivity index (χ3v) is 4.10. The number of rotatable bonds is 5. The molecule has 0 saturated carbocycles. The minimum atomic E-state index is -0.556. The maximum Gasteiger partial charge on any atom is 0.291 e. The van der Waals surface area contributed by atoms with Crippen LogP contribution in [-0.4, -0.2) is 11.8 Å². The summed E-state index contributed by atoms with van der Waals surface area (Å²) < 4.78 is 5.07. The van der Waals surface area contributed by atoms with Gasteiger partial charge in [-0.25, -0.2) is 0 Å². The quantitative estimate of drug-likeness (QED) is 0.592. The Morgan fingerprint density at radius 1 is 0.963 bits per heavy atom. The number of nitrogens with one attached hydrogen (secondary N) is 2. The Labute approximate surface area is 165 Å². The van der Waals surface area contributed by atoms with E-state index in [9.17, 15) is 9.59 Å². The number of anilines is 1. The van der Waals surface area contributed by atoms with Gasteiger partial charge in [-0.1, -0.05) is 47.5 Å². The van der Waals surface area contributed by atoms with E-state index in [1.807, 2.05) is 0 Å². The van der Waals surface area contributed by atoms with Crippen molar-refractivity contribution in [3.8, 4) is 0 Å². The van der Waals surface area contributed by atoms with Gasteiger partial charge in [-0.15, -0.1) is 0 Å². The highest BCUT2D eigenvalue weighted by Crippen LogP contribution is 2.19. The summed E-state index contributed by atoms with van der Waals surface area (Å²) in [6.45, 7) is 0. The predicted molar refractivity (Wildman–Crippen MR) is 106 cm³/mol. The Morgan fingerprint density at radius 3 is 2.48 bits per heavy atom. The molecule has 5 nitrogen and oxygen atoms in total. The smallest absolute Gasteiger partial charge is 0.291 e. The summed E-state index contributed by atoms with van der Waals surface area (Å²) in [5.41, 5.74) is 1.07. The van der Waals surface area contributed by atoms with Crippen molar-refractivity contribution in [2.24, 2.45) is 0 Å². The fraction of sp³-hybridized carbons (Fsp3) is 0. The summed E-state index contributed by atoms with van der Waals surface area (Å²) in [4.78, 5) is 25.1. The Bertz CT molecular complexity index is 998.